The van der Waals surface area contributed by atoms with Crippen LogP contribution in [-0.2, 0) is 6.42 Å². The summed E-state index contributed by atoms with van der Waals surface area (Å²) < 4.78 is 11.2. The summed E-state index contributed by atoms with van der Waals surface area (Å²) in [5.74, 6) is 2.08. The number of benzene rings is 1. The molecule has 21 heavy (non-hydrogen) atoms. The summed E-state index contributed by atoms with van der Waals surface area (Å²) >= 11 is 0. The van der Waals surface area contributed by atoms with Crippen LogP contribution >= 0.6 is 0 Å². The zero-order chi connectivity index (χ0) is 15.2. The number of nitrogens with zero attached hydrogens (tertiary/aromatic N) is 1. The molecule has 1 heterocycles. The molecule has 0 aliphatic rings. The zero-order valence-electron chi connectivity index (χ0n) is 12.8. The van der Waals surface area contributed by atoms with E-state index in [0.717, 1.165) is 24.3 Å². The van der Waals surface area contributed by atoms with E-state index in [1.54, 1.807) is 13.3 Å². The minimum Gasteiger partial charge on any atom is -0.493 e. The molecule has 0 fully saturated rings. The molecule has 0 unspecified atom stereocenters. The van der Waals surface area contributed by atoms with Gasteiger partial charge in [-0.3, -0.25) is 4.98 Å². The van der Waals surface area contributed by atoms with Gasteiger partial charge in [0.05, 0.1) is 19.0 Å². The maximum atomic E-state index is 5.95. The lowest BCUT2D eigenvalue weighted by molar-refractivity contribution is 0.377. The second-order valence-electron chi connectivity index (χ2n) is 4.87. The van der Waals surface area contributed by atoms with Gasteiger partial charge in [-0.2, -0.15) is 0 Å². The van der Waals surface area contributed by atoms with E-state index in [0.29, 0.717) is 11.5 Å². The molecular weight excluding hydrogens is 264 g/mol. The first kappa shape index (κ1) is 15.3. The van der Waals surface area contributed by atoms with Crippen LogP contribution in [0.3, 0.4) is 0 Å². The molecular formula is C17H22N2O2. The number of rotatable bonds is 6. The van der Waals surface area contributed by atoms with Crippen LogP contribution in [0, 0.1) is 0 Å². The van der Waals surface area contributed by atoms with Gasteiger partial charge >= 0.3 is 0 Å². The molecule has 0 aliphatic carbocycles. The van der Waals surface area contributed by atoms with E-state index in [-0.39, 0.29) is 6.04 Å². The first-order valence-electron chi connectivity index (χ1n) is 7.24. The molecule has 4 nitrogen and oxygen atoms in total. The Morgan fingerprint density at radius 1 is 1.14 bits per heavy atom. The van der Waals surface area contributed by atoms with E-state index >= 15 is 0 Å². The molecule has 2 rings (SSSR count). The largest absolute Gasteiger partial charge is 0.493 e. The molecule has 1 atom stereocenters. The van der Waals surface area contributed by atoms with Crippen molar-refractivity contribution in [2.75, 3.05) is 7.11 Å². The summed E-state index contributed by atoms with van der Waals surface area (Å²) in [7, 11) is 1.64. The Morgan fingerprint density at radius 2 is 1.95 bits per heavy atom. The van der Waals surface area contributed by atoms with Crippen LogP contribution in [0.25, 0.3) is 0 Å². The highest BCUT2D eigenvalue weighted by Crippen LogP contribution is 2.32. The monoisotopic (exact) mass is 286 g/mol. The molecule has 0 spiro atoms. The Kier molecular flexibility index (Phi) is 5.17. The van der Waals surface area contributed by atoms with Crippen LogP contribution in [-0.4, -0.2) is 12.1 Å². The quantitative estimate of drug-likeness (QED) is 0.876. The van der Waals surface area contributed by atoms with Crippen molar-refractivity contribution in [2.45, 2.75) is 32.7 Å². The molecule has 0 saturated heterocycles. The number of ether oxygens (including phenoxy) is 2. The average molecular weight is 286 g/mol. The van der Waals surface area contributed by atoms with Crippen LogP contribution < -0.4 is 15.2 Å². The molecule has 0 aliphatic heterocycles. The van der Waals surface area contributed by atoms with Gasteiger partial charge in [0, 0.05) is 6.04 Å². The van der Waals surface area contributed by atoms with Gasteiger partial charge < -0.3 is 15.2 Å². The second-order valence-corrected chi connectivity index (χ2v) is 4.87. The van der Waals surface area contributed by atoms with Crippen molar-refractivity contribution >= 4 is 0 Å². The van der Waals surface area contributed by atoms with Crippen molar-refractivity contribution in [1.29, 1.82) is 0 Å². The van der Waals surface area contributed by atoms with E-state index in [9.17, 15) is 0 Å². The minimum absolute atomic E-state index is 0.0302. The fourth-order valence-electron chi connectivity index (χ4n) is 2.02. The number of hydrogen-bond donors (Lipinski definition) is 1. The Morgan fingerprint density at radius 3 is 2.52 bits per heavy atom. The highest BCUT2D eigenvalue weighted by molar-refractivity contribution is 5.45. The van der Waals surface area contributed by atoms with Crippen LogP contribution in [0.2, 0.25) is 0 Å². The fourth-order valence-corrected chi connectivity index (χ4v) is 2.02. The molecule has 0 bridgehead atoms. The summed E-state index contributed by atoms with van der Waals surface area (Å²) in [5.41, 5.74) is 8.03. The van der Waals surface area contributed by atoms with Crippen molar-refractivity contribution in [3.05, 3.63) is 47.8 Å². The lowest BCUT2D eigenvalue weighted by Crippen LogP contribution is -2.10. The molecule has 1 aromatic carbocycles. The van der Waals surface area contributed by atoms with Crippen molar-refractivity contribution in [2.24, 2.45) is 5.73 Å². The normalized spacial score (nSPS) is 12.0. The Labute approximate surface area is 125 Å². The van der Waals surface area contributed by atoms with Crippen LogP contribution in [0.1, 0.15) is 37.6 Å². The molecule has 4 heteroatoms. The fraction of sp³-hybridized carbons (Fsp3) is 0.353. The Hall–Kier alpha value is -2.07. The highest BCUT2D eigenvalue weighted by Gasteiger charge is 2.08. The molecule has 112 valence electrons. The third-order valence-corrected chi connectivity index (χ3v) is 3.44. The number of aryl methyl sites for hydroxylation is 1. The predicted molar refractivity (Wildman–Crippen MR) is 83.9 cm³/mol. The van der Waals surface area contributed by atoms with Crippen LogP contribution in [0.5, 0.6) is 17.2 Å². The minimum atomic E-state index is -0.0302. The van der Waals surface area contributed by atoms with E-state index < -0.39 is 0 Å². The first-order chi connectivity index (χ1) is 10.2. The number of pyridine rings is 1. The van der Waals surface area contributed by atoms with Crippen LogP contribution in [0.15, 0.2) is 36.5 Å². The summed E-state index contributed by atoms with van der Waals surface area (Å²) in [6.07, 6.45) is 3.51. The maximum Gasteiger partial charge on any atom is 0.169 e. The van der Waals surface area contributed by atoms with Crippen molar-refractivity contribution in [1.82, 2.24) is 4.98 Å². The standard InChI is InChI=1S/C17H22N2O2/c1-4-12-6-9-16(17(10-12)20-3)21-13-7-8-15(19-11-13)14(18)5-2/h6-11,14H,4-5,18H2,1-3H3/t14-/m0/s1. The molecule has 0 amide bonds. The van der Waals surface area contributed by atoms with E-state index in [1.165, 1.54) is 5.56 Å². The van der Waals surface area contributed by atoms with Crippen molar-refractivity contribution in [3.63, 3.8) is 0 Å². The van der Waals surface area contributed by atoms with Gasteiger partial charge in [0.2, 0.25) is 0 Å². The highest BCUT2D eigenvalue weighted by atomic mass is 16.5. The van der Waals surface area contributed by atoms with E-state index in [1.807, 2.05) is 37.3 Å². The predicted octanol–water partition coefficient (Wildman–Crippen LogP) is 3.85. The van der Waals surface area contributed by atoms with Crippen molar-refractivity contribution < 1.29 is 9.47 Å². The van der Waals surface area contributed by atoms with Gasteiger partial charge in [-0.15, -0.1) is 0 Å². The van der Waals surface area contributed by atoms with Gasteiger partial charge in [-0.25, -0.2) is 0 Å². The topological polar surface area (TPSA) is 57.4 Å². The second kappa shape index (κ2) is 7.09. The van der Waals surface area contributed by atoms with Crippen molar-refractivity contribution in [3.8, 4) is 17.2 Å². The lowest BCUT2D eigenvalue weighted by Gasteiger charge is -2.12. The number of hydrogen-bond acceptors (Lipinski definition) is 4. The van der Waals surface area contributed by atoms with E-state index in [2.05, 4.69) is 11.9 Å². The summed E-state index contributed by atoms with van der Waals surface area (Å²) in [4.78, 5) is 4.34. The Bertz CT molecular complexity index is 582. The first-order valence-corrected chi connectivity index (χ1v) is 7.24. The third-order valence-electron chi connectivity index (χ3n) is 3.44. The number of methoxy groups -OCH3 is 1. The lowest BCUT2D eigenvalue weighted by atomic mass is 10.1. The summed E-state index contributed by atoms with van der Waals surface area (Å²) in [5, 5.41) is 0. The SMILES string of the molecule is CCc1ccc(Oc2ccc([C@@H](N)CC)nc2)c(OC)c1. The van der Waals surface area contributed by atoms with Gasteiger partial charge in [-0.05, 0) is 42.7 Å². The molecule has 0 radical (unpaired) electrons. The van der Waals surface area contributed by atoms with Gasteiger partial charge in [0.1, 0.15) is 5.75 Å². The van der Waals surface area contributed by atoms with Gasteiger partial charge in [0.25, 0.3) is 0 Å². The molecule has 1 aromatic heterocycles. The molecule has 2 N–H and O–H groups in total. The zero-order valence-corrected chi connectivity index (χ0v) is 12.8. The molecule has 2 aromatic rings. The summed E-state index contributed by atoms with van der Waals surface area (Å²) in [6, 6.07) is 9.69. The van der Waals surface area contributed by atoms with Gasteiger partial charge in [0.15, 0.2) is 11.5 Å². The molecule has 0 saturated carbocycles. The van der Waals surface area contributed by atoms with Gasteiger partial charge in [-0.1, -0.05) is 19.9 Å². The van der Waals surface area contributed by atoms with Crippen LogP contribution in [0.4, 0.5) is 0 Å². The maximum absolute atomic E-state index is 5.95. The van der Waals surface area contributed by atoms with E-state index in [4.69, 9.17) is 15.2 Å². The average Bonchev–Trinajstić information content (AvgIpc) is 2.55. The summed E-state index contributed by atoms with van der Waals surface area (Å²) in [6.45, 7) is 4.14. The third kappa shape index (κ3) is 3.73. The smallest absolute Gasteiger partial charge is 0.169 e. The Balaban J connectivity index is 2.18. The number of aromatic nitrogens is 1. The number of nitrogens with two attached hydrogens (primary N) is 1.